The van der Waals surface area contributed by atoms with Crippen molar-refractivity contribution in [3.63, 3.8) is 0 Å². The number of aromatic amines is 6. The molecule has 0 aliphatic heterocycles. The third-order valence-corrected chi connectivity index (χ3v) is 20.6. The largest absolute Gasteiger partial charge is 0.361 e. The van der Waals surface area contributed by atoms with Gasteiger partial charge in [-0.05, 0) is 208 Å². The molecule has 0 fully saturated rings. The van der Waals surface area contributed by atoms with Gasteiger partial charge in [-0.25, -0.2) is 4.39 Å². The molecule has 0 amide bonds. The molecule has 0 saturated carbocycles. The van der Waals surface area contributed by atoms with Crippen LogP contribution in [-0.2, 0) is 0 Å². The van der Waals surface area contributed by atoms with Gasteiger partial charge in [-0.1, -0.05) is 74.3 Å². The molecule has 0 spiro atoms. The van der Waals surface area contributed by atoms with Gasteiger partial charge in [0.05, 0.1) is 23.7 Å². The van der Waals surface area contributed by atoms with E-state index in [1.54, 1.807) is 48.7 Å². The van der Waals surface area contributed by atoms with Gasteiger partial charge in [0.15, 0.2) is 23.1 Å². The summed E-state index contributed by atoms with van der Waals surface area (Å²) in [6.07, 6.45) is -0.0383. The Labute approximate surface area is 529 Å². The zero-order valence-electron chi connectivity index (χ0n) is 49.9. The lowest BCUT2D eigenvalue weighted by molar-refractivity contribution is 0.0916. The van der Waals surface area contributed by atoms with Crippen LogP contribution >= 0.6 is 54.5 Å². The van der Waals surface area contributed by atoms with Crippen molar-refractivity contribution in [3.8, 4) is 0 Å². The van der Waals surface area contributed by atoms with E-state index in [0.717, 1.165) is 136 Å². The maximum Gasteiger partial charge on any atom is 0.165 e. The van der Waals surface area contributed by atoms with Crippen molar-refractivity contribution >= 4 is 97.8 Å². The number of hydrogen-bond donors (Lipinski definition) is 6. The molecule has 0 bridgehead atoms. The van der Waals surface area contributed by atoms with Crippen molar-refractivity contribution in [2.45, 2.75) is 106 Å². The Bertz CT molecular complexity index is 4690. The standard InChI is InChI=1S/C72H65Br2FN6O4S2/c1-34-61(42(9)82)38(5)76-69(34)65(44-14-12-11-13-15-44)53-22-24-56(80-53)68(52-33-87-60-29-19-47(74)31-50(52)60)72-37(4)64(41(8)79-72)58(85)27-26-57(84)63-36(3)70(78-40(63)7)66(45-16-20-48(75)21-17-45)54-23-25-55(81-54)67(71-35(2)62(43(10)83)39(6)77-71)51-32-86-59-28-18-46(73)30-49(51)59/h11-25,28-33,65-68,76-81H,26-27H2,1-10H3. The second-order valence-electron chi connectivity index (χ2n) is 23.2. The minimum Gasteiger partial charge on any atom is -0.361 e. The number of hydrogen-bond acceptors (Lipinski definition) is 6. The van der Waals surface area contributed by atoms with Crippen molar-refractivity contribution in [2.24, 2.45) is 0 Å². The minimum atomic E-state index is -0.478. The fourth-order valence-corrected chi connectivity index (χ4v) is 16.6. The maximum atomic E-state index is 14.9. The van der Waals surface area contributed by atoms with Crippen molar-refractivity contribution in [1.29, 1.82) is 0 Å². The third kappa shape index (κ3) is 10.7. The molecule has 440 valence electrons. The summed E-state index contributed by atoms with van der Waals surface area (Å²) in [6.45, 7) is 18.9. The third-order valence-electron chi connectivity index (χ3n) is 17.7. The Kier molecular flexibility index (Phi) is 16.1. The molecule has 12 rings (SSSR count). The van der Waals surface area contributed by atoms with Crippen LogP contribution in [0, 0.1) is 61.2 Å². The molecule has 10 nitrogen and oxygen atoms in total. The van der Waals surface area contributed by atoms with Crippen LogP contribution in [0.25, 0.3) is 20.2 Å². The summed E-state index contributed by atoms with van der Waals surface area (Å²) in [6, 6.07) is 37.8. The zero-order chi connectivity index (χ0) is 61.4. The molecule has 4 aromatic carbocycles. The number of aryl methyl sites for hydroxylation is 4. The van der Waals surface area contributed by atoms with Crippen LogP contribution in [0.15, 0.2) is 135 Å². The number of fused-ring (bicyclic) bond motifs is 2. The summed E-state index contributed by atoms with van der Waals surface area (Å²) < 4.78 is 18.9. The van der Waals surface area contributed by atoms with E-state index in [0.29, 0.717) is 27.9 Å². The average Bonchev–Trinajstić information content (AvgIpc) is 2.13. The van der Waals surface area contributed by atoms with Gasteiger partial charge in [0.1, 0.15) is 5.82 Å². The predicted octanol–water partition coefficient (Wildman–Crippen LogP) is 19.2. The number of ketones is 4. The minimum absolute atomic E-state index is 0.00736. The molecule has 0 aliphatic carbocycles. The van der Waals surface area contributed by atoms with Crippen molar-refractivity contribution in [2.75, 3.05) is 0 Å². The number of rotatable bonds is 19. The number of Topliss-reactive ketones (excluding diaryl/α,β-unsaturated/α-hetero) is 4. The fourth-order valence-electron chi connectivity index (χ4n) is 13.9. The first-order valence-electron chi connectivity index (χ1n) is 29.0. The topological polar surface area (TPSA) is 163 Å². The Morgan fingerprint density at radius 2 is 0.770 bits per heavy atom. The summed E-state index contributed by atoms with van der Waals surface area (Å²) >= 11 is 10.8. The molecule has 8 heterocycles. The van der Waals surface area contributed by atoms with E-state index in [2.05, 4.69) is 139 Å². The van der Waals surface area contributed by atoms with Gasteiger partial charge in [0.25, 0.3) is 0 Å². The van der Waals surface area contributed by atoms with Gasteiger partial charge < -0.3 is 29.9 Å². The summed E-state index contributed by atoms with van der Waals surface area (Å²) in [5.74, 6) is -2.03. The molecule has 12 aromatic rings. The molecule has 0 aliphatic rings. The number of aromatic nitrogens is 6. The summed E-state index contributed by atoms with van der Waals surface area (Å²) in [5.41, 5.74) is 20.0. The van der Waals surface area contributed by atoms with Crippen LogP contribution in [0.4, 0.5) is 4.39 Å². The highest BCUT2D eigenvalue weighted by molar-refractivity contribution is 9.10. The Morgan fingerprint density at radius 1 is 0.425 bits per heavy atom. The predicted molar refractivity (Wildman–Crippen MR) is 356 cm³/mol. The lowest BCUT2D eigenvalue weighted by Gasteiger charge is -2.19. The smallest absolute Gasteiger partial charge is 0.165 e. The second-order valence-corrected chi connectivity index (χ2v) is 26.9. The molecule has 15 heteroatoms. The van der Waals surface area contributed by atoms with E-state index in [9.17, 15) is 23.6 Å². The summed E-state index contributed by atoms with van der Waals surface area (Å²) in [7, 11) is 0. The lowest BCUT2D eigenvalue weighted by atomic mass is 9.88. The number of thiophene rings is 2. The van der Waals surface area contributed by atoms with E-state index in [4.69, 9.17) is 0 Å². The Hall–Kier alpha value is -7.95. The molecular weight excluding hydrogens is 1260 g/mol. The van der Waals surface area contributed by atoms with Gasteiger partial charge in [-0.15, -0.1) is 22.7 Å². The van der Waals surface area contributed by atoms with E-state index in [1.807, 2.05) is 79.7 Å². The van der Waals surface area contributed by atoms with Gasteiger partial charge in [0, 0.05) is 122 Å². The molecule has 87 heavy (non-hydrogen) atoms. The second kappa shape index (κ2) is 23.6. The van der Waals surface area contributed by atoms with E-state index in [1.165, 1.54) is 12.1 Å². The van der Waals surface area contributed by atoms with Crippen LogP contribution in [0.2, 0.25) is 0 Å². The first kappa shape index (κ1) is 59.4. The first-order valence-corrected chi connectivity index (χ1v) is 32.4. The molecular formula is C72H65Br2FN6O4S2. The molecule has 4 atom stereocenters. The first-order chi connectivity index (χ1) is 41.7. The quantitative estimate of drug-likeness (QED) is 0.0445. The van der Waals surface area contributed by atoms with Crippen LogP contribution in [0.5, 0.6) is 0 Å². The van der Waals surface area contributed by atoms with E-state index >= 15 is 0 Å². The lowest BCUT2D eigenvalue weighted by Crippen LogP contribution is -2.10. The zero-order valence-corrected chi connectivity index (χ0v) is 54.7. The summed E-state index contributed by atoms with van der Waals surface area (Å²) in [4.78, 5) is 77.9. The Balaban J connectivity index is 0.873. The molecule has 0 radical (unpaired) electrons. The number of H-pyrrole nitrogens is 6. The highest BCUT2D eigenvalue weighted by Crippen LogP contribution is 2.46. The monoisotopic (exact) mass is 1320 g/mol. The number of halogens is 3. The molecule has 6 N–H and O–H groups in total. The number of carbonyl (C=O) groups is 4. The highest BCUT2D eigenvalue weighted by atomic mass is 79.9. The van der Waals surface area contributed by atoms with Crippen molar-refractivity contribution in [1.82, 2.24) is 29.9 Å². The maximum absolute atomic E-state index is 14.9. The van der Waals surface area contributed by atoms with E-state index < -0.39 is 5.92 Å². The molecule has 0 saturated heterocycles. The van der Waals surface area contributed by atoms with Crippen molar-refractivity contribution in [3.05, 3.63) is 276 Å². The van der Waals surface area contributed by atoms with Crippen molar-refractivity contribution < 1.29 is 23.6 Å². The highest BCUT2D eigenvalue weighted by Gasteiger charge is 2.34. The SMILES string of the molecule is CC(=O)c1c(C)[nH]c(C(c2ccccc2)c2ccc(C(c3[nH]c(C)c(C(=O)CCC(=O)c4c(C)[nH]c(C(c5ccc(F)cc5)c5ccc(C(c6[nH]c(C)c(C(C)=O)c6C)c6csc7ccc(Br)cc67)[nH]5)c4C)c3C)c3csc4ccc(Br)cc34)[nH]2)c1C. The van der Waals surface area contributed by atoms with Crippen LogP contribution < -0.4 is 0 Å². The number of benzene rings is 4. The van der Waals surface area contributed by atoms with Crippen LogP contribution in [0.1, 0.15) is 205 Å². The van der Waals surface area contributed by atoms with Gasteiger partial charge in [-0.2, -0.15) is 0 Å². The Morgan fingerprint density at radius 3 is 1.15 bits per heavy atom. The number of carbonyl (C=O) groups excluding carboxylic acids is 4. The van der Waals surface area contributed by atoms with Gasteiger partial charge >= 0.3 is 0 Å². The van der Waals surface area contributed by atoms with E-state index in [-0.39, 0.29) is 59.5 Å². The van der Waals surface area contributed by atoms with Crippen LogP contribution in [-0.4, -0.2) is 53.0 Å². The number of nitrogens with one attached hydrogen (secondary N) is 6. The average molecular weight is 1320 g/mol. The normalized spacial score (nSPS) is 13.2. The fraction of sp³-hybridized carbons (Fsp3) is 0.222. The molecule has 8 aromatic heterocycles. The van der Waals surface area contributed by atoms with Gasteiger partial charge in [-0.3, -0.25) is 19.2 Å². The van der Waals surface area contributed by atoms with Crippen LogP contribution in [0.3, 0.4) is 0 Å². The van der Waals surface area contributed by atoms with Gasteiger partial charge in [0.2, 0.25) is 0 Å². The summed E-state index contributed by atoms with van der Waals surface area (Å²) in [5, 5.41) is 6.57. The molecule has 4 unspecified atom stereocenters.